The predicted molar refractivity (Wildman–Crippen MR) is 145 cm³/mol. The molecule has 0 saturated carbocycles. The average Bonchev–Trinajstić information content (AvgIpc) is 3.33. The van der Waals surface area contributed by atoms with Gasteiger partial charge in [-0.15, -0.1) is 0 Å². The number of anilines is 1. The number of benzene rings is 3. The van der Waals surface area contributed by atoms with Crippen LogP contribution in [0.5, 0.6) is 0 Å². The summed E-state index contributed by atoms with van der Waals surface area (Å²) in [6, 6.07) is 24.4. The molecule has 0 radical (unpaired) electrons. The fourth-order valence-corrected chi connectivity index (χ4v) is 5.81. The summed E-state index contributed by atoms with van der Waals surface area (Å²) in [5, 5.41) is 4.32. The zero-order valence-corrected chi connectivity index (χ0v) is 21.2. The van der Waals surface area contributed by atoms with Gasteiger partial charge in [0, 0.05) is 39.3 Å². The van der Waals surface area contributed by atoms with Gasteiger partial charge >= 0.3 is 0 Å². The molecule has 4 aromatic rings. The Morgan fingerprint density at radius 3 is 2.17 bits per heavy atom. The van der Waals surface area contributed by atoms with Crippen LogP contribution in [0, 0.1) is 13.8 Å². The lowest BCUT2D eigenvalue weighted by Gasteiger charge is -2.34. The highest BCUT2D eigenvalue weighted by molar-refractivity contribution is 7.22. The fraction of sp³-hybridized carbons (Fsp3) is 0.310. The first-order chi connectivity index (χ1) is 17.1. The highest BCUT2D eigenvalue weighted by Gasteiger charge is 2.23. The van der Waals surface area contributed by atoms with Crippen LogP contribution in [0.15, 0.2) is 72.8 Å². The van der Waals surface area contributed by atoms with Gasteiger partial charge in [-0.2, -0.15) is 0 Å². The van der Waals surface area contributed by atoms with Crippen LogP contribution >= 0.6 is 11.3 Å². The Morgan fingerprint density at radius 2 is 1.54 bits per heavy atom. The van der Waals surface area contributed by atoms with Crippen LogP contribution in [0.4, 0.5) is 5.13 Å². The lowest BCUT2D eigenvalue weighted by Crippen LogP contribution is -2.48. The number of fused-ring (bicyclic) bond motifs is 1. The molecule has 2 heterocycles. The van der Waals surface area contributed by atoms with E-state index in [0.29, 0.717) is 6.54 Å². The van der Waals surface area contributed by atoms with Gasteiger partial charge in [0.15, 0.2) is 5.13 Å². The first-order valence-electron chi connectivity index (χ1n) is 12.3. The van der Waals surface area contributed by atoms with Crippen molar-refractivity contribution in [3.8, 4) is 0 Å². The molecule has 1 amide bonds. The third-order valence-electron chi connectivity index (χ3n) is 6.97. The Labute approximate surface area is 211 Å². The molecule has 5 nitrogen and oxygen atoms in total. The van der Waals surface area contributed by atoms with E-state index < -0.39 is 0 Å². The van der Waals surface area contributed by atoms with Crippen LogP contribution in [0.1, 0.15) is 28.2 Å². The minimum Gasteiger partial charge on any atom is -0.354 e. The number of aromatic nitrogens is 1. The molecule has 180 valence electrons. The van der Waals surface area contributed by atoms with Crippen LogP contribution in [0.25, 0.3) is 10.2 Å². The highest BCUT2D eigenvalue weighted by Crippen LogP contribution is 2.32. The lowest BCUT2D eigenvalue weighted by atomic mass is 9.90. The maximum atomic E-state index is 13.2. The van der Waals surface area contributed by atoms with Gasteiger partial charge in [0.1, 0.15) is 0 Å². The summed E-state index contributed by atoms with van der Waals surface area (Å²) >= 11 is 1.79. The second kappa shape index (κ2) is 10.6. The van der Waals surface area contributed by atoms with Gasteiger partial charge in [0.2, 0.25) is 5.91 Å². The van der Waals surface area contributed by atoms with Crippen molar-refractivity contribution < 1.29 is 4.79 Å². The number of amides is 1. The number of hydrogen-bond donors (Lipinski definition) is 1. The van der Waals surface area contributed by atoms with Crippen molar-refractivity contribution in [2.45, 2.75) is 19.8 Å². The van der Waals surface area contributed by atoms with Crippen molar-refractivity contribution in [2.75, 3.05) is 44.2 Å². The summed E-state index contributed by atoms with van der Waals surface area (Å²) in [7, 11) is 0. The number of nitrogens with one attached hydrogen (secondary N) is 1. The number of carbonyl (C=O) groups is 1. The molecule has 1 N–H and O–H groups in total. The van der Waals surface area contributed by atoms with E-state index in [4.69, 9.17) is 4.98 Å². The normalized spacial score (nSPS) is 14.5. The topological polar surface area (TPSA) is 48.5 Å². The van der Waals surface area contributed by atoms with Crippen LogP contribution in [-0.4, -0.2) is 55.1 Å². The molecule has 0 unspecified atom stereocenters. The van der Waals surface area contributed by atoms with E-state index in [1.807, 2.05) is 60.7 Å². The molecular formula is C29H32N4OS. The maximum absolute atomic E-state index is 13.2. The predicted octanol–water partition coefficient (Wildman–Crippen LogP) is 4.98. The molecule has 0 spiro atoms. The monoisotopic (exact) mass is 484 g/mol. The molecule has 6 heteroatoms. The molecule has 0 atom stereocenters. The van der Waals surface area contributed by atoms with Gasteiger partial charge in [0.05, 0.1) is 16.1 Å². The van der Waals surface area contributed by atoms with E-state index in [-0.39, 0.29) is 11.8 Å². The first kappa shape index (κ1) is 23.5. The van der Waals surface area contributed by atoms with Crippen molar-refractivity contribution in [3.63, 3.8) is 0 Å². The SMILES string of the molecule is Cc1ccc2sc(N3CCN(CCNC(=O)C(c4ccccc4)c4ccccc4)CC3)nc2c1C. The number of nitrogens with zero attached hydrogens (tertiary/aromatic N) is 3. The number of carbonyl (C=O) groups excluding carboxylic acids is 1. The molecule has 0 bridgehead atoms. The molecule has 0 aliphatic carbocycles. The minimum atomic E-state index is -0.291. The third kappa shape index (κ3) is 5.24. The van der Waals surface area contributed by atoms with Crippen LogP contribution < -0.4 is 10.2 Å². The summed E-state index contributed by atoms with van der Waals surface area (Å²) in [6.45, 7) is 9.68. The van der Waals surface area contributed by atoms with Gasteiger partial charge in [-0.1, -0.05) is 78.1 Å². The Hall–Kier alpha value is -3.22. The quantitative estimate of drug-likeness (QED) is 0.402. The second-order valence-electron chi connectivity index (χ2n) is 9.22. The highest BCUT2D eigenvalue weighted by atomic mass is 32.1. The molecule has 1 fully saturated rings. The maximum Gasteiger partial charge on any atom is 0.232 e. The van der Waals surface area contributed by atoms with Crippen molar-refractivity contribution in [2.24, 2.45) is 0 Å². The summed E-state index contributed by atoms with van der Waals surface area (Å²) < 4.78 is 1.26. The molecule has 5 rings (SSSR count). The minimum absolute atomic E-state index is 0.0566. The zero-order chi connectivity index (χ0) is 24.2. The van der Waals surface area contributed by atoms with Gasteiger partial charge in [-0.3, -0.25) is 9.69 Å². The molecule has 35 heavy (non-hydrogen) atoms. The van der Waals surface area contributed by atoms with E-state index in [1.165, 1.54) is 15.8 Å². The van der Waals surface area contributed by atoms with Gasteiger partial charge in [-0.25, -0.2) is 4.98 Å². The number of hydrogen-bond acceptors (Lipinski definition) is 5. The number of rotatable bonds is 7. The molecule has 3 aromatic carbocycles. The van der Waals surface area contributed by atoms with Gasteiger partial charge < -0.3 is 10.2 Å². The van der Waals surface area contributed by atoms with Crippen molar-refractivity contribution in [1.29, 1.82) is 0 Å². The van der Waals surface area contributed by atoms with Crippen LogP contribution in [0.2, 0.25) is 0 Å². The van der Waals surface area contributed by atoms with Crippen LogP contribution in [0.3, 0.4) is 0 Å². The summed E-state index contributed by atoms with van der Waals surface area (Å²) in [5.74, 6) is -0.235. The average molecular weight is 485 g/mol. The fourth-order valence-electron chi connectivity index (χ4n) is 4.74. The Bertz CT molecular complexity index is 1240. The summed E-state index contributed by atoms with van der Waals surface area (Å²) in [5.41, 5.74) is 5.75. The molecule has 1 aliphatic rings. The van der Waals surface area contributed by atoms with E-state index >= 15 is 0 Å². The standard InChI is InChI=1S/C29H32N4OS/c1-21-13-14-25-27(22(21)2)31-29(35-25)33-19-17-32(18-20-33)16-15-30-28(34)26(23-9-5-3-6-10-23)24-11-7-4-8-12-24/h3-14,26H,15-20H2,1-2H3,(H,30,34). The Morgan fingerprint density at radius 1 is 0.914 bits per heavy atom. The van der Waals surface area contributed by atoms with E-state index in [1.54, 1.807) is 11.3 Å². The zero-order valence-electron chi connectivity index (χ0n) is 20.4. The number of piperazine rings is 1. The smallest absolute Gasteiger partial charge is 0.232 e. The Balaban J connectivity index is 1.15. The van der Waals surface area contributed by atoms with E-state index in [9.17, 15) is 4.79 Å². The summed E-state index contributed by atoms with van der Waals surface area (Å²) in [4.78, 5) is 23.0. The number of thiazole rings is 1. The molecule has 1 aromatic heterocycles. The van der Waals surface area contributed by atoms with Gasteiger partial charge in [-0.05, 0) is 42.2 Å². The first-order valence-corrected chi connectivity index (χ1v) is 13.1. The molecular weight excluding hydrogens is 452 g/mol. The van der Waals surface area contributed by atoms with E-state index in [0.717, 1.165) is 54.5 Å². The summed E-state index contributed by atoms with van der Waals surface area (Å²) in [6.07, 6.45) is 0. The molecule has 1 saturated heterocycles. The number of aryl methyl sites for hydroxylation is 2. The second-order valence-corrected chi connectivity index (χ2v) is 10.2. The van der Waals surface area contributed by atoms with Gasteiger partial charge in [0.25, 0.3) is 0 Å². The largest absolute Gasteiger partial charge is 0.354 e. The Kier molecular flexibility index (Phi) is 7.11. The van der Waals surface area contributed by atoms with Crippen molar-refractivity contribution in [1.82, 2.24) is 15.2 Å². The van der Waals surface area contributed by atoms with Crippen molar-refractivity contribution >= 4 is 32.6 Å². The molecule has 1 aliphatic heterocycles. The lowest BCUT2D eigenvalue weighted by molar-refractivity contribution is -0.121. The third-order valence-corrected chi connectivity index (χ3v) is 8.05. The van der Waals surface area contributed by atoms with E-state index in [2.05, 4.69) is 41.1 Å². The van der Waals surface area contributed by atoms with Crippen LogP contribution in [-0.2, 0) is 4.79 Å². The van der Waals surface area contributed by atoms with Crippen molar-refractivity contribution in [3.05, 3.63) is 95.1 Å².